The first kappa shape index (κ1) is 15.7. The van der Waals surface area contributed by atoms with Crippen molar-refractivity contribution < 1.29 is 9.90 Å². The molecule has 0 fully saturated rings. The molecule has 2 aromatic carbocycles. The molecule has 110 valence electrons. The van der Waals surface area contributed by atoms with Crippen LogP contribution in [-0.4, -0.2) is 16.9 Å². The van der Waals surface area contributed by atoms with Gasteiger partial charge in [-0.2, -0.15) is 0 Å². The zero-order valence-electron chi connectivity index (χ0n) is 11.4. The van der Waals surface area contributed by atoms with Gasteiger partial charge in [-0.3, -0.25) is 4.79 Å². The molecule has 0 bridgehead atoms. The summed E-state index contributed by atoms with van der Waals surface area (Å²) in [6.45, 7) is 1.84. The van der Waals surface area contributed by atoms with E-state index in [0.29, 0.717) is 0 Å². The highest BCUT2D eigenvalue weighted by atomic mass is 35.5. The van der Waals surface area contributed by atoms with E-state index in [2.05, 4.69) is 5.32 Å². The van der Waals surface area contributed by atoms with Crippen LogP contribution < -0.4 is 5.32 Å². The van der Waals surface area contributed by atoms with Gasteiger partial charge in [0.15, 0.2) is 0 Å². The van der Waals surface area contributed by atoms with Gasteiger partial charge in [0, 0.05) is 5.88 Å². The van der Waals surface area contributed by atoms with Crippen LogP contribution in [0.15, 0.2) is 48.5 Å². The summed E-state index contributed by atoms with van der Waals surface area (Å²) in [6.07, 6.45) is 0. The summed E-state index contributed by atoms with van der Waals surface area (Å²) in [6, 6.07) is 13.7. The maximum Gasteiger partial charge on any atom is 0.253 e. The first-order valence-corrected chi connectivity index (χ1v) is 7.30. The molecule has 21 heavy (non-hydrogen) atoms. The lowest BCUT2D eigenvalue weighted by molar-refractivity contribution is 0.0913. The number of halogens is 2. The van der Waals surface area contributed by atoms with E-state index in [0.717, 1.165) is 5.56 Å². The van der Waals surface area contributed by atoms with E-state index in [9.17, 15) is 9.90 Å². The minimum atomic E-state index is -0.727. The summed E-state index contributed by atoms with van der Waals surface area (Å²) in [5.74, 6) is -0.195. The number of carbonyl (C=O) groups is 1. The van der Waals surface area contributed by atoms with Crippen LogP contribution in [0.1, 0.15) is 22.8 Å². The molecule has 0 saturated carbocycles. The van der Waals surface area contributed by atoms with Gasteiger partial charge in [0.05, 0.1) is 16.1 Å². The second kappa shape index (κ2) is 6.37. The molecule has 2 N–H and O–H groups in total. The predicted octanol–water partition coefficient (Wildman–Crippen LogP) is 3.93. The standard InChI is InChI=1S/C16H15Cl2NO2/c1-16(10-17,11-5-3-2-4-6-11)19-15(21)13-9-12(20)7-8-14(13)18/h2-9,20H,10H2,1H3,(H,19,21). The number of nitrogens with one attached hydrogen (secondary N) is 1. The third-order valence-corrected chi connectivity index (χ3v) is 4.13. The fourth-order valence-corrected chi connectivity index (χ4v) is 2.42. The number of rotatable bonds is 4. The Morgan fingerprint density at radius 2 is 1.90 bits per heavy atom. The highest BCUT2D eigenvalue weighted by molar-refractivity contribution is 6.34. The molecule has 1 amide bonds. The van der Waals surface area contributed by atoms with Crippen LogP contribution in [0.5, 0.6) is 5.75 Å². The first-order chi connectivity index (χ1) is 9.96. The van der Waals surface area contributed by atoms with Crippen LogP contribution in [0.4, 0.5) is 0 Å². The van der Waals surface area contributed by atoms with Crippen molar-refractivity contribution in [3.8, 4) is 5.75 Å². The monoisotopic (exact) mass is 323 g/mol. The molecule has 0 radical (unpaired) electrons. The number of hydrogen-bond donors (Lipinski definition) is 2. The number of phenols is 1. The Balaban J connectivity index is 2.30. The van der Waals surface area contributed by atoms with Crippen LogP contribution in [0.3, 0.4) is 0 Å². The highest BCUT2D eigenvalue weighted by Crippen LogP contribution is 2.25. The average Bonchev–Trinajstić information content (AvgIpc) is 2.50. The second-order valence-electron chi connectivity index (χ2n) is 4.95. The van der Waals surface area contributed by atoms with Crippen molar-refractivity contribution in [3.63, 3.8) is 0 Å². The maximum atomic E-state index is 12.4. The smallest absolute Gasteiger partial charge is 0.253 e. The van der Waals surface area contributed by atoms with Gasteiger partial charge in [0.1, 0.15) is 5.75 Å². The SMILES string of the molecule is CC(CCl)(NC(=O)c1cc(O)ccc1Cl)c1ccccc1. The fraction of sp³-hybridized carbons (Fsp3) is 0.188. The number of hydrogen-bond acceptors (Lipinski definition) is 2. The van der Waals surface area contributed by atoms with Crippen molar-refractivity contribution in [1.29, 1.82) is 0 Å². The van der Waals surface area contributed by atoms with Crippen LogP contribution in [0, 0.1) is 0 Å². The van der Waals surface area contributed by atoms with Crippen LogP contribution in [-0.2, 0) is 5.54 Å². The molecule has 0 heterocycles. The van der Waals surface area contributed by atoms with Crippen molar-refractivity contribution >= 4 is 29.1 Å². The van der Waals surface area contributed by atoms with E-state index in [4.69, 9.17) is 23.2 Å². The number of phenolic OH excluding ortho intramolecular Hbond substituents is 1. The van der Waals surface area contributed by atoms with Gasteiger partial charge in [0.25, 0.3) is 5.91 Å². The number of benzene rings is 2. The lowest BCUT2D eigenvalue weighted by Gasteiger charge is -2.29. The van der Waals surface area contributed by atoms with Crippen molar-refractivity contribution in [3.05, 3.63) is 64.7 Å². The van der Waals surface area contributed by atoms with Crippen LogP contribution >= 0.6 is 23.2 Å². The van der Waals surface area contributed by atoms with Crippen molar-refractivity contribution in [2.45, 2.75) is 12.5 Å². The van der Waals surface area contributed by atoms with Crippen LogP contribution in [0.25, 0.3) is 0 Å². The molecule has 5 heteroatoms. The minimum Gasteiger partial charge on any atom is -0.508 e. The zero-order valence-corrected chi connectivity index (χ0v) is 12.9. The maximum absolute atomic E-state index is 12.4. The van der Waals surface area contributed by atoms with Gasteiger partial charge in [-0.1, -0.05) is 41.9 Å². The van der Waals surface area contributed by atoms with Gasteiger partial charge in [-0.25, -0.2) is 0 Å². The molecule has 0 saturated heterocycles. The largest absolute Gasteiger partial charge is 0.508 e. The molecule has 2 rings (SSSR count). The molecular formula is C16H15Cl2NO2. The van der Waals surface area contributed by atoms with E-state index in [-0.39, 0.29) is 28.1 Å². The van der Waals surface area contributed by atoms with Gasteiger partial charge >= 0.3 is 0 Å². The Morgan fingerprint density at radius 1 is 1.24 bits per heavy atom. The van der Waals surface area contributed by atoms with Crippen molar-refractivity contribution in [1.82, 2.24) is 5.32 Å². The van der Waals surface area contributed by atoms with Crippen molar-refractivity contribution in [2.24, 2.45) is 0 Å². The lowest BCUT2D eigenvalue weighted by atomic mass is 9.93. The first-order valence-electron chi connectivity index (χ1n) is 6.39. The summed E-state index contributed by atoms with van der Waals surface area (Å²) >= 11 is 12.1. The Labute approximate surface area is 133 Å². The Bertz CT molecular complexity index is 646. The Morgan fingerprint density at radius 3 is 2.52 bits per heavy atom. The van der Waals surface area contributed by atoms with Gasteiger partial charge in [-0.05, 0) is 30.7 Å². The summed E-state index contributed by atoms with van der Waals surface area (Å²) in [5, 5.41) is 12.6. The molecule has 3 nitrogen and oxygen atoms in total. The topological polar surface area (TPSA) is 49.3 Å². The summed E-state index contributed by atoms with van der Waals surface area (Å²) < 4.78 is 0. The highest BCUT2D eigenvalue weighted by Gasteiger charge is 2.28. The summed E-state index contributed by atoms with van der Waals surface area (Å²) in [4.78, 5) is 12.4. The number of amides is 1. The molecule has 0 aliphatic carbocycles. The fourth-order valence-electron chi connectivity index (χ4n) is 1.99. The van der Waals surface area contributed by atoms with E-state index in [1.54, 1.807) is 0 Å². The third kappa shape index (κ3) is 3.49. The summed E-state index contributed by atoms with van der Waals surface area (Å²) in [7, 11) is 0. The van der Waals surface area contributed by atoms with E-state index in [1.807, 2.05) is 37.3 Å². The minimum absolute atomic E-state index is 0.0168. The summed E-state index contributed by atoms with van der Waals surface area (Å²) in [5.41, 5.74) is 0.378. The third-order valence-electron chi connectivity index (χ3n) is 3.26. The van der Waals surface area contributed by atoms with E-state index < -0.39 is 5.54 Å². The average molecular weight is 324 g/mol. The quantitative estimate of drug-likeness (QED) is 0.837. The normalized spacial score (nSPS) is 13.5. The Kier molecular flexibility index (Phi) is 4.76. The van der Waals surface area contributed by atoms with E-state index in [1.165, 1.54) is 18.2 Å². The molecule has 1 unspecified atom stereocenters. The van der Waals surface area contributed by atoms with Crippen molar-refractivity contribution in [2.75, 3.05) is 5.88 Å². The van der Waals surface area contributed by atoms with Gasteiger partial charge < -0.3 is 10.4 Å². The molecule has 0 aromatic heterocycles. The molecule has 2 aromatic rings. The Hall–Kier alpha value is -1.71. The molecule has 1 atom stereocenters. The molecule has 0 aliphatic heterocycles. The molecule has 0 spiro atoms. The van der Waals surface area contributed by atoms with Gasteiger partial charge in [-0.15, -0.1) is 11.6 Å². The lowest BCUT2D eigenvalue weighted by Crippen LogP contribution is -2.45. The second-order valence-corrected chi connectivity index (χ2v) is 5.62. The van der Waals surface area contributed by atoms with Gasteiger partial charge in [0.2, 0.25) is 0 Å². The number of aromatic hydroxyl groups is 1. The van der Waals surface area contributed by atoms with E-state index >= 15 is 0 Å². The molecular weight excluding hydrogens is 309 g/mol. The number of carbonyl (C=O) groups excluding carboxylic acids is 1. The molecule has 0 aliphatic rings. The predicted molar refractivity (Wildman–Crippen MR) is 85.1 cm³/mol. The number of alkyl halides is 1. The van der Waals surface area contributed by atoms with Crippen LogP contribution in [0.2, 0.25) is 5.02 Å². The zero-order chi connectivity index (χ0) is 15.5.